The molecular weight excluding hydrogens is 296 g/mol. The predicted octanol–water partition coefficient (Wildman–Crippen LogP) is 3.13. The maximum Gasteiger partial charge on any atom is 0.321 e. The molecule has 1 aromatic rings. The van der Waals surface area contributed by atoms with Gasteiger partial charge in [0.2, 0.25) is 0 Å². The fraction of sp³-hybridized carbons (Fsp3) is 0.588. The van der Waals surface area contributed by atoms with Gasteiger partial charge in [-0.1, -0.05) is 0 Å². The second-order valence-corrected chi connectivity index (χ2v) is 5.70. The van der Waals surface area contributed by atoms with Crippen molar-refractivity contribution in [2.75, 3.05) is 39.7 Å². The van der Waals surface area contributed by atoms with Crippen molar-refractivity contribution in [3.63, 3.8) is 0 Å². The van der Waals surface area contributed by atoms with E-state index in [1.165, 1.54) is 6.42 Å². The molecule has 1 N–H and O–H groups in total. The molecule has 2 amide bonds. The van der Waals surface area contributed by atoms with Crippen LogP contribution in [0.5, 0.6) is 11.5 Å². The number of methoxy groups -OCH3 is 2. The lowest BCUT2D eigenvalue weighted by Gasteiger charge is -2.25. The Balaban J connectivity index is 1.89. The van der Waals surface area contributed by atoms with E-state index in [-0.39, 0.29) is 12.1 Å². The van der Waals surface area contributed by atoms with Gasteiger partial charge in [-0.2, -0.15) is 0 Å². The van der Waals surface area contributed by atoms with E-state index in [2.05, 4.69) is 5.32 Å². The van der Waals surface area contributed by atoms with Crippen LogP contribution in [-0.4, -0.2) is 51.5 Å². The smallest absolute Gasteiger partial charge is 0.321 e. The summed E-state index contributed by atoms with van der Waals surface area (Å²) >= 11 is 0. The van der Waals surface area contributed by atoms with Crippen LogP contribution in [-0.2, 0) is 4.74 Å². The van der Waals surface area contributed by atoms with Crippen molar-refractivity contribution in [2.24, 2.45) is 0 Å². The summed E-state index contributed by atoms with van der Waals surface area (Å²) in [7, 11) is 4.94. The highest BCUT2D eigenvalue weighted by atomic mass is 16.5. The van der Waals surface area contributed by atoms with Gasteiger partial charge in [0.15, 0.2) is 0 Å². The van der Waals surface area contributed by atoms with E-state index in [1.807, 2.05) is 0 Å². The molecule has 2 rings (SSSR count). The molecule has 0 saturated carbocycles. The normalized spacial score (nSPS) is 17.4. The zero-order chi connectivity index (χ0) is 16.7. The maximum absolute atomic E-state index is 12.3. The van der Waals surface area contributed by atoms with E-state index in [4.69, 9.17) is 14.2 Å². The van der Waals surface area contributed by atoms with Gasteiger partial charge in [0, 0.05) is 26.3 Å². The molecule has 0 unspecified atom stereocenters. The minimum atomic E-state index is -0.174. The van der Waals surface area contributed by atoms with E-state index in [0.717, 1.165) is 25.9 Å². The van der Waals surface area contributed by atoms with Gasteiger partial charge in [0.05, 0.1) is 26.0 Å². The first kappa shape index (κ1) is 17.4. The van der Waals surface area contributed by atoms with Crippen LogP contribution in [0.1, 0.15) is 25.7 Å². The lowest BCUT2D eigenvalue weighted by molar-refractivity contribution is 0.00848. The number of carbonyl (C=O) groups excluding carboxylic acids is 1. The molecule has 1 atom stereocenters. The molecule has 23 heavy (non-hydrogen) atoms. The van der Waals surface area contributed by atoms with Crippen molar-refractivity contribution in [1.82, 2.24) is 4.90 Å². The highest BCUT2D eigenvalue weighted by molar-refractivity contribution is 5.91. The number of hydrogen-bond donors (Lipinski definition) is 1. The molecular formula is C17H26N2O4. The summed E-state index contributed by atoms with van der Waals surface area (Å²) in [4.78, 5) is 14.0. The Morgan fingerprint density at radius 2 is 2.17 bits per heavy atom. The second-order valence-electron chi connectivity index (χ2n) is 5.70. The first-order valence-electron chi connectivity index (χ1n) is 7.99. The van der Waals surface area contributed by atoms with Crippen LogP contribution < -0.4 is 14.8 Å². The molecule has 1 heterocycles. The van der Waals surface area contributed by atoms with Crippen LogP contribution in [0.4, 0.5) is 10.5 Å². The fourth-order valence-electron chi connectivity index (χ4n) is 2.60. The quantitative estimate of drug-likeness (QED) is 0.874. The second kappa shape index (κ2) is 8.62. The average molecular weight is 322 g/mol. The standard InChI is InChI=1S/C17H26N2O4/c1-19(10-9-13-6-4-5-11-23-13)17(20)18-15-12-14(21-2)7-8-16(15)22-3/h7-8,12-13H,4-6,9-11H2,1-3H3,(H,18,20)/t13-/m1/s1. The van der Waals surface area contributed by atoms with Gasteiger partial charge in [0.25, 0.3) is 0 Å². The molecule has 1 aromatic carbocycles. The third-order valence-electron chi connectivity index (χ3n) is 4.06. The fourth-order valence-corrected chi connectivity index (χ4v) is 2.60. The number of amides is 2. The summed E-state index contributed by atoms with van der Waals surface area (Å²) in [6.45, 7) is 1.49. The van der Waals surface area contributed by atoms with Gasteiger partial charge in [-0.05, 0) is 37.8 Å². The van der Waals surface area contributed by atoms with E-state index in [0.29, 0.717) is 23.7 Å². The van der Waals surface area contributed by atoms with Crippen molar-refractivity contribution in [1.29, 1.82) is 0 Å². The number of hydrogen-bond acceptors (Lipinski definition) is 4. The third-order valence-corrected chi connectivity index (χ3v) is 4.06. The monoisotopic (exact) mass is 322 g/mol. The molecule has 1 aliphatic rings. The Hall–Kier alpha value is -1.95. The number of rotatable bonds is 6. The Morgan fingerprint density at radius 1 is 1.35 bits per heavy atom. The van der Waals surface area contributed by atoms with E-state index < -0.39 is 0 Å². The van der Waals surface area contributed by atoms with Gasteiger partial charge in [-0.3, -0.25) is 0 Å². The minimum absolute atomic E-state index is 0.174. The highest BCUT2D eigenvalue weighted by Gasteiger charge is 2.17. The van der Waals surface area contributed by atoms with Crippen LogP contribution in [0, 0.1) is 0 Å². The van der Waals surface area contributed by atoms with Crippen LogP contribution in [0.3, 0.4) is 0 Å². The number of urea groups is 1. The Kier molecular flexibility index (Phi) is 6.52. The summed E-state index contributed by atoms with van der Waals surface area (Å²) in [5, 5.41) is 2.86. The van der Waals surface area contributed by atoms with Gasteiger partial charge < -0.3 is 24.4 Å². The van der Waals surface area contributed by atoms with Crippen molar-refractivity contribution < 1.29 is 19.0 Å². The average Bonchev–Trinajstić information content (AvgIpc) is 2.60. The lowest BCUT2D eigenvalue weighted by atomic mass is 10.1. The first-order valence-corrected chi connectivity index (χ1v) is 7.99. The summed E-state index contributed by atoms with van der Waals surface area (Å²) < 4.78 is 16.2. The number of anilines is 1. The molecule has 0 aliphatic carbocycles. The molecule has 6 heteroatoms. The lowest BCUT2D eigenvalue weighted by Crippen LogP contribution is -2.34. The topological polar surface area (TPSA) is 60.0 Å². The van der Waals surface area contributed by atoms with Gasteiger partial charge in [-0.15, -0.1) is 0 Å². The molecule has 0 aromatic heterocycles. The maximum atomic E-state index is 12.3. The number of nitrogens with one attached hydrogen (secondary N) is 1. The zero-order valence-corrected chi connectivity index (χ0v) is 14.1. The summed E-state index contributed by atoms with van der Waals surface area (Å²) in [5.74, 6) is 1.27. The highest BCUT2D eigenvalue weighted by Crippen LogP contribution is 2.29. The van der Waals surface area contributed by atoms with Crippen LogP contribution in [0.15, 0.2) is 18.2 Å². The van der Waals surface area contributed by atoms with E-state index >= 15 is 0 Å². The molecule has 0 radical (unpaired) electrons. The predicted molar refractivity (Wildman–Crippen MR) is 89.4 cm³/mol. The molecule has 1 aliphatic heterocycles. The van der Waals surface area contributed by atoms with E-state index in [9.17, 15) is 4.79 Å². The van der Waals surface area contributed by atoms with Gasteiger partial charge in [0.1, 0.15) is 11.5 Å². The van der Waals surface area contributed by atoms with Crippen molar-refractivity contribution in [2.45, 2.75) is 31.8 Å². The number of benzene rings is 1. The Bertz CT molecular complexity index is 515. The number of nitrogens with zero attached hydrogens (tertiary/aromatic N) is 1. The molecule has 6 nitrogen and oxygen atoms in total. The SMILES string of the molecule is COc1ccc(OC)c(NC(=O)N(C)CC[C@H]2CCCCO2)c1. The summed E-state index contributed by atoms with van der Waals surface area (Å²) in [5.41, 5.74) is 0.595. The minimum Gasteiger partial charge on any atom is -0.497 e. The number of ether oxygens (including phenoxy) is 3. The molecule has 0 bridgehead atoms. The van der Waals surface area contributed by atoms with Gasteiger partial charge in [-0.25, -0.2) is 4.79 Å². The van der Waals surface area contributed by atoms with Gasteiger partial charge >= 0.3 is 6.03 Å². The molecule has 1 fully saturated rings. The van der Waals surface area contributed by atoms with Crippen molar-refractivity contribution in [3.05, 3.63) is 18.2 Å². The third kappa shape index (κ3) is 5.03. The Morgan fingerprint density at radius 3 is 2.83 bits per heavy atom. The van der Waals surface area contributed by atoms with Crippen molar-refractivity contribution >= 4 is 11.7 Å². The van der Waals surface area contributed by atoms with Crippen LogP contribution >= 0.6 is 0 Å². The van der Waals surface area contributed by atoms with Crippen LogP contribution in [0.25, 0.3) is 0 Å². The number of carbonyl (C=O) groups is 1. The summed E-state index contributed by atoms with van der Waals surface area (Å²) in [6.07, 6.45) is 4.56. The summed E-state index contributed by atoms with van der Waals surface area (Å²) in [6, 6.07) is 5.13. The van der Waals surface area contributed by atoms with Crippen molar-refractivity contribution in [3.8, 4) is 11.5 Å². The first-order chi connectivity index (χ1) is 11.1. The molecule has 128 valence electrons. The zero-order valence-electron chi connectivity index (χ0n) is 14.1. The molecule has 0 spiro atoms. The Labute approximate surface area is 137 Å². The van der Waals surface area contributed by atoms with Crippen LogP contribution in [0.2, 0.25) is 0 Å². The van der Waals surface area contributed by atoms with E-state index in [1.54, 1.807) is 44.4 Å². The molecule has 1 saturated heterocycles. The largest absolute Gasteiger partial charge is 0.497 e.